The van der Waals surface area contributed by atoms with Crippen molar-refractivity contribution in [1.29, 1.82) is 5.26 Å². The van der Waals surface area contributed by atoms with Gasteiger partial charge in [0.15, 0.2) is 12.4 Å². The number of benzene rings is 1. The largest absolute Gasteiger partial charge is 0.453 e. The van der Waals surface area contributed by atoms with Crippen molar-refractivity contribution in [3.8, 4) is 6.07 Å². The van der Waals surface area contributed by atoms with Crippen molar-refractivity contribution in [2.24, 2.45) is 0 Å². The Balaban J connectivity index is 2.09. The van der Waals surface area contributed by atoms with Crippen LogP contribution in [0.1, 0.15) is 53.1 Å². The minimum Gasteiger partial charge on any atom is -0.453 e. The van der Waals surface area contributed by atoms with Crippen LogP contribution in [-0.4, -0.2) is 22.9 Å². The molecule has 0 aliphatic heterocycles. The van der Waals surface area contributed by atoms with Gasteiger partial charge in [-0.05, 0) is 50.0 Å². The van der Waals surface area contributed by atoms with Crippen molar-refractivity contribution >= 4 is 17.8 Å². The van der Waals surface area contributed by atoms with Crippen molar-refractivity contribution < 1.29 is 14.3 Å². The second-order valence-electron chi connectivity index (χ2n) is 6.70. The average molecular weight is 378 g/mol. The van der Waals surface area contributed by atoms with Gasteiger partial charge >= 0.3 is 5.97 Å². The number of ether oxygens (including phenoxy) is 1. The molecule has 28 heavy (non-hydrogen) atoms. The van der Waals surface area contributed by atoms with E-state index in [0.29, 0.717) is 5.56 Å². The van der Waals surface area contributed by atoms with Crippen LogP contribution in [0.4, 0.5) is 0 Å². The number of aryl methyl sites for hydroxylation is 2. The minimum atomic E-state index is -0.790. The molecule has 1 aromatic carbocycles. The Hall–Kier alpha value is -3.13. The number of carbonyl (C=O) groups is 2. The molecule has 0 aliphatic rings. The molecule has 0 spiro atoms. The number of hydrogen-bond donors (Lipinski definition) is 0. The van der Waals surface area contributed by atoms with Gasteiger partial charge in [-0.25, -0.2) is 4.79 Å². The van der Waals surface area contributed by atoms with E-state index < -0.39 is 12.6 Å². The molecule has 0 aliphatic carbocycles. The molecule has 0 atom stereocenters. The van der Waals surface area contributed by atoms with Gasteiger partial charge in [0.25, 0.3) is 0 Å². The van der Waals surface area contributed by atoms with Gasteiger partial charge in [-0.2, -0.15) is 5.26 Å². The second-order valence-corrected chi connectivity index (χ2v) is 6.70. The van der Waals surface area contributed by atoms with E-state index in [1.165, 1.54) is 6.08 Å². The summed E-state index contributed by atoms with van der Waals surface area (Å²) in [7, 11) is 0. The normalized spacial score (nSPS) is 11.2. The molecule has 0 unspecified atom stereocenters. The summed E-state index contributed by atoms with van der Waals surface area (Å²) in [6.07, 6.45) is 3.41. The van der Waals surface area contributed by atoms with Crippen LogP contribution in [0.15, 0.2) is 35.9 Å². The molecule has 5 heteroatoms. The minimum absolute atomic E-state index is 0.120. The molecule has 5 nitrogen and oxygen atoms in total. The van der Waals surface area contributed by atoms with Gasteiger partial charge in [0.1, 0.15) is 11.6 Å². The van der Waals surface area contributed by atoms with Crippen LogP contribution in [0.25, 0.3) is 6.08 Å². The Bertz CT molecular complexity index is 928. The molecule has 146 valence electrons. The van der Waals surface area contributed by atoms with Crippen LogP contribution in [0, 0.1) is 25.2 Å². The molecule has 1 heterocycles. The number of aromatic nitrogens is 1. The summed E-state index contributed by atoms with van der Waals surface area (Å²) in [6, 6.07) is 11.0. The molecule has 2 aromatic rings. The van der Waals surface area contributed by atoms with Crippen molar-refractivity contribution in [2.75, 3.05) is 6.61 Å². The maximum Gasteiger partial charge on any atom is 0.349 e. The fraction of sp³-hybridized carbons (Fsp3) is 0.348. The van der Waals surface area contributed by atoms with Crippen molar-refractivity contribution in [3.63, 3.8) is 0 Å². The predicted molar refractivity (Wildman–Crippen MR) is 109 cm³/mol. The maximum atomic E-state index is 12.3. The van der Waals surface area contributed by atoms with Gasteiger partial charge in [-0.15, -0.1) is 0 Å². The van der Waals surface area contributed by atoms with Crippen LogP contribution < -0.4 is 0 Å². The number of nitrogens with zero attached hydrogens (tertiary/aromatic N) is 2. The van der Waals surface area contributed by atoms with Crippen LogP contribution in [-0.2, 0) is 22.5 Å². The molecule has 0 amide bonds. The predicted octanol–water partition coefficient (Wildman–Crippen LogP) is 4.41. The summed E-state index contributed by atoms with van der Waals surface area (Å²) >= 11 is 0. The standard InChI is InChI=1S/C23H26N2O3/c1-5-11-25-16(3)12-20(17(25)4)13-21(14-24)23(27)28-15-22(26)19-9-7-18(6-2)8-10-19/h7-10,12-13H,5-6,11,15H2,1-4H3/b21-13+. The number of rotatable bonds is 8. The Morgan fingerprint density at radius 3 is 2.43 bits per heavy atom. The summed E-state index contributed by atoms with van der Waals surface area (Å²) in [5.74, 6) is -1.09. The van der Waals surface area contributed by atoms with Crippen LogP contribution in [0.3, 0.4) is 0 Å². The van der Waals surface area contributed by atoms with Crippen molar-refractivity contribution in [2.45, 2.75) is 47.1 Å². The quantitative estimate of drug-likeness (QED) is 0.295. The third kappa shape index (κ3) is 4.98. The summed E-state index contributed by atoms with van der Waals surface area (Å²) in [4.78, 5) is 24.5. The average Bonchev–Trinajstić information content (AvgIpc) is 2.97. The number of nitriles is 1. The van der Waals surface area contributed by atoms with Gasteiger partial charge in [-0.3, -0.25) is 4.79 Å². The Morgan fingerprint density at radius 2 is 1.86 bits per heavy atom. The lowest BCUT2D eigenvalue weighted by Crippen LogP contribution is -2.15. The summed E-state index contributed by atoms with van der Waals surface area (Å²) in [6.45, 7) is 8.57. The highest BCUT2D eigenvalue weighted by atomic mass is 16.5. The van der Waals surface area contributed by atoms with Gasteiger partial charge in [-0.1, -0.05) is 38.1 Å². The Labute approximate surface area is 166 Å². The second kappa shape index (κ2) is 9.70. The monoisotopic (exact) mass is 378 g/mol. The number of carbonyl (C=O) groups excluding carboxylic acids is 2. The van der Waals surface area contributed by atoms with E-state index >= 15 is 0 Å². The van der Waals surface area contributed by atoms with E-state index in [4.69, 9.17) is 4.74 Å². The Morgan fingerprint density at radius 1 is 1.18 bits per heavy atom. The first-order valence-electron chi connectivity index (χ1n) is 9.49. The number of hydrogen-bond acceptors (Lipinski definition) is 4. The molecular formula is C23H26N2O3. The van der Waals surface area contributed by atoms with E-state index in [1.807, 2.05) is 45.0 Å². The summed E-state index contributed by atoms with van der Waals surface area (Å²) < 4.78 is 7.23. The molecule has 1 aromatic heterocycles. The van der Waals surface area contributed by atoms with Gasteiger partial charge in [0.2, 0.25) is 0 Å². The first-order valence-corrected chi connectivity index (χ1v) is 9.49. The molecule has 0 radical (unpaired) electrons. The first kappa shape index (κ1) is 21.2. The molecule has 2 rings (SSSR count). The van der Waals surface area contributed by atoms with E-state index in [-0.39, 0.29) is 11.4 Å². The molecule has 0 saturated heterocycles. The zero-order chi connectivity index (χ0) is 20.7. The maximum absolute atomic E-state index is 12.3. The molecule has 0 bridgehead atoms. The third-order valence-electron chi connectivity index (χ3n) is 4.72. The number of Topliss-reactive ketones (excluding diaryl/α,β-unsaturated/α-hetero) is 1. The number of esters is 1. The lowest BCUT2D eigenvalue weighted by Gasteiger charge is -2.07. The molecule has 0 fully saturated rings. The smallest absolute Gasteiger partial charge is 0.349 e. The van der Waals surface area contributed by atoms with E-state index in [0.717, 1.165) is 41.9 Å². The van der Waals surface area contributed by atoms with Gasteiger partial charge < -0.3 is 9.30 Å². The summed E-state index contributed by atoms with van der Waals surface area (Å²) in [5, 5.41) is 9.36. The van der Waals surface area contributed by atoms with Crippen LogP contribution in [0.5, 0.6) is 0 Å². The highest BCUT2D eigenvalue weighted by Crippen LogP contribution is 2.19. The topological polar surface area (TPSA) is 72.1 Å². The van der Waals surface area contributed by atoms with E-state index in [1.54, 1.807) is 12.1 Å². The van der Waals surface area contributed by atoms with Crippen molar-refractivity contribution in [1.82, 2.24) is 4.57 Å². The van der Waals surface area contributed by atoms with E-state index in [2.05, 4.69) is 11.5 Å². The lowest BCUT2D eigenvalue weighted by atomic mass is 10.1. The fourth-order valence-electron chi connectivity index (χ4n) is 3.05. The molecular weight excluding hydrogens is 352 g/mol. The van der Waals surface area contributed by atoms with Crippen LogP contribution in [0.2, 0.25) is 0 Å². The third-order valence-corrected chi connectivity index (χ3v) is 4.72. The SMILES string of the molecule is CCCn1c(C)cc(/C=C(\C#N)C(=O)OCC(=O)c2ccc(CC)cc2)c1C. The zero-order valence-electron chi connectivity index (χ0n) is 16.9. The molecule has 0 saturated carbocycles. The van der Waals surface area contributed by atoms with Crippen molar-refractivity contribution in [3.05, 3.63) is 64.0 Å². The zero-order valence-corrected chi connectivity index (χ0v) is 16.9. The van der Waals surface area contributed by atoms with Gasteiger partial charge in [0.05, 0.1) is 0 Å². The first-order chi connectivity index (χ1) is 13.4. The Kier molecular flexibility index (Phi) is 7.34. The van der Waals surface area contributed by atoms with E-state index in [9.17, 15) is 14.9 Å². The highest BCUT2D eigenvalue weighted by molar-refractivity contribution is 6.02. The van der Waals surface area contributed by atoms with Crippen LogP contribution >= 0.6 is 0 Å². The number of ketones is 1. The fourth-order valence-corrected chi connectivity index (χ4v) is 3.05. The lowest BCUT2D eigenvalue weighted by molar-refractivity contribution is -0.137. The highest BCUT2D eigenvalue weighted by Gasteiger charge is 2.16. The summed E-state index contributed by atoms with van der Waals surface area (Å²) in [5.41, 5.74) is 4.36. The van der Waals surface area contributed by atoms with Gasteiger partial charge in [0, 0.05) is 23.5 Å². The molecule has 0 N–H and O–H groups in total.